The Hall–Kier alpha value is -2.01. The average Bonchev–Trinajstić information content (AvgIpc) is 2.31. The lowest BCUT2D eigenvalue weighted by Gasteiger charge is -2.10. The van der Waals surface area contributed by atoms with Crippen LogP contribution in [-0.4, -0.2) is 6.54 Å². The van der Waals surface area contributed by atoms with E-state index in [0.717, 1.165) is 17.6 Å². The summed E-state index contributed by atoms with van der Waals surface area (Å²) >= 11 is 0. The Morgan fingerprint density at radius 2 is 2.07 bits per heavy atom. The van der Waals surface area contributed by atoms with Gasteiger partial charge in [-0.25, -0.2) is 0 Å². The van der Waals surface area contributed by atoms with Gasteiger partial charge in [-0.3, -0.25) is 0 Å². The van der Waals surface area contributed by atoms with Crippen LogP contribution in [0.3, 0.4) is 0 Å². The molecule has 0 amide bonds. The zero-order chi connectivity index (χ0) is 10.5. The zero-order valence-corrected chi connectivity index (χ0v) is 8.40. The first-order valence-electron chi connectivity index (χ1n) is 4.95. The van der Waals surface area contributed by atoms with Crippen LogP contribution in [0.4, 0.5) is 0 Å². The van der Waals surface area contributed by atoms with Crippen LogP contribution in [0.15, 0.2) is 53.8 Å². The van der Waals surface area contributed by atoms with Gasteiger partial charge in [0.05, 0.1) is 6.07 Å². The maximum Gasteiger partial charge on any atom is 0.0966 e. The van der Waals surface area contributed by atoms with Crippen LogP contribution in [0.5, 0.6) is 0 Å². The summed E-state index contributed by atoms with van der Waals surface area (Å²) in [5.74, 6) is 0. The van der Waals surface area contributed by atoms with Gasteiger partial charge in [0, 0.05) is 18.3 Å². The second-order valence-electron chi connectivity index (χ2n) is 3.54. The number of nitrogens with one attached hydrogen (secondary N) is 1. The van der Waals surface area contributed by atoms with Crippen LogP contribution < -0.4 is 5.32 Å². The van der Waals surface area contributed by atoms with E-state index in [1.165, 1.54) is 5.56 Å². The fourth-order valence-electron chi connectivity index (χ4n) is 1.61. The minimum atomic E-state index is 0.648. The van der Waals surface area contributed by atoms with Gasteiger partial charge in [0.25, 0.3) is 0 Å². The lowest BCUT2D eigenvalue weighted by Crippen LogP contribution is -2.14. The summed E-state index contributed by atoms with van der Waals surface area (Å²) in [6.45, 7) is 0.648. The van der Waals surface area contributed by atoms with Gasteiger partial charge in [-0.2, -0.15) is 5.26 Å². The minimum Gasteiger partial charge on any atom is -0.386 e. The molecular formula is C13H12N2. The van der Waals surface area contributed by atoms with Crippen LogP contribution in [0.1, 0.15) is 5.56 Å². The standard InChI is InChI=1S/C13H12N2/c14-8-13-7-12(9-15-10-13)6-11-4-2-1-3-5-11/h1-5,7,9,15H,6,10H2. The summed E-state index contributed by atoms with van der Waals surface area (Å²) in [7, 11) is 0. The van der Waals surface area contributed by atoms with Gasteiger partial charge in [0.1, 0.15) is 0 Å². The molecule has 0 saturated carbocycles. The Morgan fingerprint density at radius 1 is 1.27 bits per heavy atom. The highest BCUT2D eigenvalue weighted by Crippen LogP contribution is 2.12. The maximum atomic E-state index is 8.79. The van der Waals surface area contributed by atoms with Gasteiger partial charge in [0.15, 0.2) is 0 Å². The highest BCUT2D eigenvalue weighted by Gasteiger charge is 2.04. The number of benzene rings is 1. The van der Waals surface area contributed by atoms with Crippen molar-refractivity contribution in [3.8, 4) is 6.07 Å². The summed E-state index contributed by atoms with van der Waals surface area (Å²) in [6.07, 6.45) is 4.82. The molecule has 0 aromatic heterocycles. The summed E-state index contributed by atoms with van der Waals surface area (Å²) in [5.41, 5.74) is 3.22. The number of hydrogen-bond acceptors (Lipinski definition) is 2. The molecule has 1 aliphatic rings. The third kappa shape index (κ3) is 2.47. The van der Waals surface area contributed by atoms with Crippen molar-refractivity contribution < 1.29 is 0 Å². The van der Waals surface area contributed by atoms with Crippen LogP contribution in [0.2, 0.25) is 0 Å². The lowest BCUT2D eigenvalue weighted by atomic mass is 10.0. The van der Waals surface area contributed by atoms with E-state index >= 15 is 0 Å². The third-order valence-electron chi connectivity index (χ3n) is 2.33. The maximum absolute atomic E-state index is 8.79. The molecule has 2 rings (SSSR count). The number of nitrogens with zero attached hydrogens (tertiary/aromatic N) is 1. The molecule has 0 unspecified atom stereocenters. The van der Waals surface area contributed by atoms with Crippen molar-refractivity contribution in [2.24, 2.45) is 0 Å². The second-order valence-corrected chi connectivity index (χ2v) is 3.54. The topological polar surface area (TPSA) is 35.8 Å². The van der Waals surface area contributed by atoms with Crippen LogP contribution >= 0.6 is 0 Å². The molecule has 15 heavy (non-hydrogen) atoms. The highest BCUT2D eigenvalue weighted by molar-refractivity contribution is 5.38. The molecule has 1 aromatic rings. The number of hydrogen-bond donors (Lipinski definition) is 1. The van der Waals surface area contributed by atoms with Gasteiger partial charge >= 0.3 is 0 Å². The lowest BCUT2D eigenvalue weighted by molar-refractivity contribution is 0.913. The van der Waals surface area contributed by atoms with Gasteiger partial charge in [0.2, 0.25) is 0 Å². The fourth-order valence-corrected chi connectivity index (χ4v) is 1.61. The summed E-state index contributed by atoms with van der Waals surface area (Å²) in [5, 5.41) is 11.9. The van der Waals surface area contributed by atoms with Crippen molar-refractivity contribution in [2.75, 3.05) is 6.54 Å². The smallest absolute Gasteiger partial charge is 0.0966 e. The second kappa shape index (κ2) is 4.47. The molecule has 0 saturated heterocycles. The first kappa shape index (κ1) is 9.54. The van der Waals surface area contributed by atoms with Crippen molar-refractivity contribution in [1.82, 2.24) is 5.32 Å². The summed E-state index contributed by atoms with van der Waals surface area (Å²) < 4.78 is 0. The van der Waals surface area contributed by atoms with Crippen LogP contribution in [0, 0.1) is 11.3 Å². The zero-order valence-electron chi connectivity index (χ0n) is 8.40. The summed E-state index contributed by atoms with van der Waals surface area (Å²) in [6, 6.07) is 12.4. The van der Waals surface area contributed by atoms with E-state index < -0.39 is 0 Å². The number of dihydropyridines is 1. The van der Waals surface area contributed by atoms with Gasteiger partial charge in [-0.1, -0.05) is 30.3 Å². The Labute approximate surface area is 89.5 Å². The molecule has 0 atom stereocenters. The minimum absolute atomic E-state index is 0.648. The molecule has 0 radical (unpaired) electrons. The van der Waals surface area contributed by atoms with E-state index in [9.17, 15) is 0 Å². The highest BCUT2D eigenvalue weighted by atomic mass is 14.8. The number of nitriles is 1. The predicted octanol–water partition coefficient (Wildman–Crippen LogP) is 2.17. The molecule has 1 aliphatic heterocycles. The molecule has 0 bridgehead atoms. The number of rotatable bonds is 2. The van der Waals surface area contributed by atoms with E-state index in [0.29, 0.717) is 6.54 Å². The fraction of sp³-hybridized carbons (Fsp3) is 0.154. The number of allylic oxidation sites excluding steroid dienone is 2. The van der Waals surface area contributed by atoms with Crippen molar-refractivity contribution in [1.29, 1.82) is 5.26 Å². The first-order chi connectivity index (χ1) is 7.38. The molecule has 1 N–H and O–H groups in total. The molecule has 0 fully saturated rings. The quantitative estimate of drug-likeness (QED) is 0.786. The average molecular weight is 196 g/mol. The monoisotopic (exact) mass is 196 g/mol. The van der Waals surface area contributed by atoms with Crippen molar-refractivity contribution in [2.45, 2.75) is 6.42 Å². The van der Waals surface area contributed by atoms with E-state index in [1.54, 1.807) is 0 Å². The van der Waals surface area contributed by atoms with Gasteiger partial charge in [-0.15, -0.1) is 0 Å². The normalized spacial score (nSPS) is 14.6. The largest absolute Gasteiger partial charge is 0.386 e. The SMILES string of the molecule is N#CC1=CC(Cc2ccccc2)=CNC1. The molecular weight excluding hydrogens is 184 g/mol. The molecule has 1 heterocycles. The van der Waals surface area contributed by atoms with Crippen molar-refractivity contribution in [3.05, 3.63) is 59.3 Å². The molecule has 74 valence electrons. The van der Waals surface area contributed by atoms with Gasteiger partial charge < -0.3 is 5.32 Å². The van der Waals surface area contributed by atoms with E-state index in [1.807, 2.05) is 30.5 Å². The third-order valence-corrected chi connectivity index (χ3v) is 2.33. The Morgan fingerprint density at radius 3 is 2.80 bits per heavy atom. The molecule has 1 aromatic carbocycles. The molecule has 2 heteroatoms. The van der Waals surface area contributed by atoms with E-state index in [2.05, 4.69) is 23.5 Å². The van der Waals surface area contributed by atoms with Crippen molar-refractivity contribution >= 4 is 0 Å². The van der Waals surface area contributed by atoms with Crippen molar-refractivity contribution in [3.63, 3.8) is 0 Å². The Kier molecular flexibility index (Phi) is 2.85. The Bertz CT molecular complexity index is 435. The molecule has 2 nitrogen and oxygen atoms in total. The van der Waals surface area contributed by atoms with Gasteiger partial charge in [-0.05, 0) is 23.6 Å². The van der Waals surface area contributed by atoms with Crippen LogP contribution in [0.25, 0.3) is 0 Å². The van der Waals surface area contributed by atoms with Crippen LogP contribution in [-0.2, 0) is 6.42 Å². The summed E-state index contributed by atoms with van der Waals surface area (Å²) in [4.78, 5) is 0. The Balaban J connectivity index is 2.11. The first-order valence-corrected chi connectivity index (χ1v) is 4.95. The van der Waals surface area contributed by atoms with E-state index in [-0.39, 0.29) is 0 Å². The van der Waals surface area contributed by atoms with E-state index in [4.69, 9.17) is 5.26 Å². The molecule has 0 aliphatic carbocycles. The predicted molar refractivity (Wildman–Crippen MR) is 59.9 cm³/mol. The molecule has 0 spiro atoms.